The first-order valence-electron chi connectivity index (χ1n) is 4.74. The van der Waals surface area contributed by atoms with Crippen LogP contribution < -0.4 is 0 Å². The fourth-order valence-electron chi connectivity index (χ4n) is 0.544. The maximum Gasteiger partial charge on any atom is 0.704 e. The van der Waals surface area contributed by atoms with Gasteiger partial charge in [0.05, 0.1) is 12.4 Å². The third-order valence-electron chi connectivity index (χ3n) is 1.29. The van der Waals surface area contributed by atoms with Crippen molar-refractivity contribution in [1.29, 1.82) is 0 Å². The Balaban J connectivity index is 3.55. The first kappa shape index (κ1) is 18.0. The van der Waals surface area contributed by atoms with E-state index in [2.05, 4.69) is 18.5 Å². The lowest BCUT2D eigenvalue weighted by Gasteiger charge is -1.99. The lowest BCUT2D eigenvalue weighted by molar-refractivity contribution is -0.139. The van der Waals surface area contributed by atoms with E-state index < -0.39 is 21.8 Å². The predicted molar refractivity (Wildman–Crippen MR) is 59.3 cm³/mol. The summed E-state index contributed by atoms with van der Waals surface area (Å²) in [7, 11) is -2.51. The molecule has 0 aromatic heterocycles. The lowest BCUT2D eigenvalue weighted by Crippen LogP contribution is -2.07. The number of carbonyl (C=O) groups excluding carboxylic acids is 2. The zero-order chi connectivity index (χ0) is 15.2. The van der Waals surface area contributed by atoms with Gasteiger partial charge in [-0.1, -0.05) is 9.05 Å². The summed E-state index contributed by atoms with van der Waals surface area (Å²) in [6.07, 6.45) is 3.84. The number of rotatable bonds is 12. The number of hydrogen-bond acceptors (Lipinski definition) is 9. The molecule has 0 saturated carbocycles. The Bertz CT molecular complexity index is 330. The average Bonchev–Trinajstić information content (AvgIpc) is 2.45. The molecule has 0 aliphatic heterocycles. The predicted octanol–water partition coefficient (Wildman–Crippen LogP) is 0.263. The van der Waals surface area contributed by atoms with Crippen molar-refractivity contribution in [1.82, 2.24) is 10.1 Å². The Kier molecular flexibility index (Phi) is 10.8. The summed E-state index contributed by atoms with van der Waals surface area (Å²) in [5, 5.41) is 17.6. The van der Waals surface area contributed by atoms with Crippen LogP contribution in [0.25, 0.3) is 0 Å². The minimum atomic E-state index is -2.51. The van der Waals surface area contributed by atoms with Gasteiger partial charge in [-0.15, -0.1) is 0 Å². The highest BCUT2D eigenvalue weighted by Gasteiger charge is 2.20. The van der Waals surface area contributed by atoms with E-state index in [0.29, 0.717) is 0 Å². The Morgan fingerprint density at radius 1 is 0.900 bits per heavy atom. The third kappa shape index (κ3) is 11.1. The molecule has 0 atom stereocenters. The smallest absolute Gasteiger partial charge is 0.469 e. The molecule has 0 aromatic carbocycles. The molecular formula is C8H12N2O9P+. The zero-order valence-corrected chi connectivity index (χ0v) is 10.9. The lowest BCUT2D eigenvalue weighted by atomic mass is 10.9. The summed E-state index contributed by atoms with van der Waals surface area (Å²) in [5.74, 6) is 0. The number of nitrogens with zero attached hydrogens (tertiary/aromatic N) is 2. The van der Waals surface area contributed by atoms with Crippen LogP contribution in [0, 0.1) is 0 Å². The van der Waals surface area contributed by atoms with Gasteiger partial charge in [0.2, 0.25) is 26.4 Å². The largest absolute Gasteiger partial charge is 0.704 e. The van der Waals surface area contributed by atoms with Gasteiger partial charge < -0.3 is 9.47 Å². The molecule has 112 valence electrons. The monoisotopic (exact) mass is 311 g/mol. The molecule has 11 nitrogen and oxygen atoms in total. The summed E-state index contributed by atoms with van der Waals surface area (Å²) < 4.78 is 29.2. The molecule has 0 unspecified atom stereocenters. The van der Waals surface area contributed by atoms with E-state index in [4.69, 9.17) is 10.4 Å². The van der Waals surface area contributed by atoms with Gasteiger partial charge in [-0.3, -0.25) is 20.0 Å². The molecular weight excluding hydrogens is 299 g/mol. The second kappa shape index (κ2) is 12.0. The quantitative estimate of drug-likeness (QED) is 0.0989. The molecule has 0 fully saturated rings. The number of amides is 2. The molecule has 0 rings (SSSR count). The summed E-state index contributed by atoms with van der Waals surface area (Å²) in [6, 6.07) is 0. The van der Waals surface area contributed by atoms with Gasteiger partial charge in [0.15, 0.2) is 0 Å². The van der Waals surface area contributed by atoms with E-state index in [-0.39, 0.29) is 22.9 Å². The van der Waals surface area contributed by atoms with Crippen LogP contribution in [0.3, 0.4) is 0 Å². The highest BCUT2D eigenvalue weighted by atomic mass is 31.1. The second-order valence-electron chi connectivity index (χ2n) is 2.59. The maximum absolute atomic E-state index is 11.0. The Morgan fingerprint density at radius 2 is 1.30 bits per heavy atom. The van der Waals surface area contributed by atoms with Crippen molar-refractivity contribution >= 4 is 21.1 Å². The molecule has 0 bridgehead atoms. The SMILES string of the molecule is O=CN(O)C=COCO[P+](=O)OCOC=CN(O)C=O. The van der Waals surface area contributed by atoms with Crippen molar-refractivity contribution in [3.05, 3.63) is 24.9 Å². The van der Waals surface area contributed by atoms with Gasteiger partial charge in [0.1, 0.15) is 12.5 Å². The number of hydroxylamine groups is 4. The molecule has 0 radical (unpaired) electrons. The van der Waals surface area contributed by atoms with Crippen LogP contribution in [0.4, 0.5) is 0 Å². The average molecular weight is 311 g/mol. The fraction of sp³-hybridized carbons (Fsp3) is 0.250. The molecule has 0 saturated heterocycles. The molecule has 0 spiro atoms. The van der Waals surface area contributed by atoms with Crippen LogP contribution in [-0.2, 0) is 32.7 Å². The maximum atomic E-state index is 11.0. The van der Waals surface area contributed by atoms with E-state index in [1.54, 1.807) is 0 Å². The molecule has 12 heteroatoms. The number of hydrogen-bond donors (Lipinski definition) is 2. The van der Waals surface area contributed by atoms with Crippen molar-refractivity contribution in [3.63, 3.8) is 0 Å². The standard InChI is InChI=1S/C8H12N2O9P/c11-5-9(13)1-3-16-7-18-20(15)19-8-17-4-2-10(14)6-12/h1-6,13-14H,7-8H2/q+1. The van der Waals surface area contributed by atoms with Crippen molar-refractivity contribution in [2.45, 2.75) is 0 Å². The van der Waals surface area contributed by atoms with E-state index in [1.807, 2.05) is 0 Å². The van der Waals surface area contributed by atoms with E-state index in [1.165, 1.54) is 0 Å². The molecule has 0 aromatic rings. The summed E-state index contributed by atoms with van der Waals surface area (Å²) >= 11 is 0. The number of ether oxygens (including phenoxy) is 2. The minimum absolute atomic E-state index is 0.118. The third-order valence-corrected chi connectivity index (χ3v) is 1.92. The van der Waals surface area contributed by atoms with Crippen molar-refractivity contribution in [2.24, 2.45) is 0 Å². The first-order chi connectivity index (χ1) is 9.60. The van der Waals surface area contributed by atoms with Crippen LogP contribution in [0.2, 0.25) is 0 Å². The van der Waals surface area contributed by atoms with Gasteiger partial charge in [0.25, 0.3) is 0 Å². The van der Waals surface area contributed by atoms with Gasteiger partial charge >= 0.3 is 8.25 Å². The van der Waals surface area contributed by atoms with E-state index >= 15 is 0 Å². The first-order valence-corrected chi connectivity index (χ1v) is 5.84. The molecule has 2 N–H and O–H groups in total. The molecule has 0 aliphatic carbocycles. The van der Waals surface area contributed by atoms with Crippen LogP contribution in [0.1, 0.15) is 0 Å². The van der Waals surface area contributed by atoms with Gasteiger partial charge in [0, 0.05) is 4.57 Å². The van der Waals surface area contributed by atoms with E-state index in [0.717, 1.165) is 24.9 Å². The molecule has 20 heavy (non-hydrogen) atoms. The molecule has 0 heterocycles. The van der Waals surface area contributed by atoms with Gasteiger partial charge in [-0.05, 0) is 0 Å². The minimum Gasteiger partial charge on any atom is -0.469 e. The van der Waals surface area contributed by atoms with Gasteiger partial charge in [-0.2, -0.15) is 10.1 Å². The summed E-state index contributed by atoms with van der Waals surface area (Å²) in [5.41, 5.74) is 0. The zero-order valence-electron chi connectivity index (χ0n) is 9.97. The fourth-order valence-corrected chi connectivity index (χ4v) is 0.912. The van der Waals surface area contributed by atoms with Crippen LogP contribution in [0.5, 0.6) is 0 Å². The Morgan fingerprint density at radius 3 is 1.65 bits per heavy atom. The topological polar surface area (TPSA) is 135 Å². The second-order valence-corrected chi connectivity index (χ2v) is 3.56. The number of carbonyl (C=O) groups is 2. The van der Waals surface area contributed by atoms with Crippen LogP contribution in [0.15, 0.2) is 24.9 Å². The van der Waals surface area contributed by atoms with Crippen molar-refractivity contribution < 1.29 is 43.1 Å². The summed E-state index contributed by atoms with van der Waals surface area (Å²) in [4.78, 5) is 19.8. The highest BCUT2D eigenvalue weighted by molar-refractivity contribution is 7.33. The van der Waals surface area contributed by atoms with Crippen molar-refractivity contribution in [3.8, 4) is 0 Å². The van der Waals surface area contributed by atoms with E-state index in [9.17, 15) is 14.2 Å². The van der Waals surface area contributed by atoms with Crippen LogP contribution >= 0.6 is 8.25 Å². The molecule has 2 amide bonds. The summed E-state index contributed by atoms with van der Waals surface area (Å²) in [6.45, 7) is -0.909. The highest BCUT2D eigenvalue weighted by Crippen LogP contribution is 2.23. The Labute approximate surface area is 114 Å². The van der Waals surface area contributed by atoms with Crippen molar-refractivity contribution in [2.75, 3.05) is 13.6 Å². The Hall–Kier alpha value is -2.04. The van der Waals surface area contributed by atoms with Crippen LogP contribution in [-0.4, -0.2) is 46.9 Å². The normalized spacial score (nSPS) is 11.4. The molecule has 0 aliphatic rings. The van der Waals surface area contributed by atoms with Gasteiger partial charge in [-0.25, -0.2) is 0 Å².